The summed E-state index contributed by atoms with van der Waals surface area (Å²) in [5.41, 5.74) is 0. The van der Waals surface area contributed by atoms with E-state index < -0.39 is 5.97 Å². The van der Waals surface area contributed by atoms with Gasteiger partial charge in [0.25, 0.3) is 0 Å². The van der Waals surface area contributed by atoms with Crippen molar-refractivity contribution in [2.45, 2.75) is 95.4 Å². The summed E-state index contributed by atoms with van der Waals surface area (Å²) >= 11 is 0. The van der Waals surface area contributed by atoms with E-state index in [-0.39, 0.29) is 12.5 Å². The van der Waals surface area contributed by atoms with Crippen LogP contribution in [0.25, 0.3) is 0 Å². The quantitative estimate of drug-likeness (QED) is 0.422. The van der Waals surface area contributed by atoms with Crippen LogP contribution >= 0.6 is 0 Å². The summed E-state index contributed by atoms with van der Waals surface area (Å²) in [6, 6.07) is 0. The topological polar surface area (TPSA) is 66.8 Å². The lowest BCUT2D eigenvalue weighted by atomic mass is 9.77. The number of rotatable bonds is 10. The van der Waals surface area contributed by atoms with Gasteiger partial charge in [0.2, 0.25) is 0 Å². The fraction of sp³-hybridized carbons (Fsp3) is 0.783. The molecule has 0 aromatic rings. The van der Waals surface area contributed by atoms with E-state index in [4.69, 9.17) is 9.84 Å². The molecule has 0 aromatic heterocycles. The number of aliphatic hydroxyl groups is 1. The number of ether oxygens (including phenoxy) is 1. The molecule has 152 valence electrons. The normalized spacial score (nSPS) is 32.6. The van der Waals surface area contributed by atoms with Crippen LogP contribution < -0.4 is 0 Å². The number of hydrogen-bond acceptors (Lipinski definition) is 3. The van der Waals surface area contributed by atoms with Gasteiger partial charge in [0.1, 0.15) is 0 Å². The average molecular weight is 377 g/mol. The molecule has 0 radical (unpaired) electrons. The molecule has 3 fully saturated rings. The molecule has 1 aliphatic carbocycles. The van der Waals surface area contributed by atoms with E-state index in [0.29, 0.717) is 36.4 Å². The number of carboxylic acids is 1. The Labute approximate surface area is 163 Å². The van der Waals surface area contributed by atoms with Crippen LogP contribution in [0.3, 0.4) is 0 Å². The Balaban J connectivity index is 1.45. The molecule has 1 saturated carbocycles. The van der Waals surface area contributed by atoms with Crippen molar-refractivity contribution in [2.75, 3.05) is 0 Å². The standard InChI is InChI=1S/C23H36O4/c24-18(16-17-8-4-3-5-9-17)12-13-20-19(21-14-15-22(20)27-21)10-6-1-2-7-11-23(25)26/h1,6,12-13,17-22,24H,2-5,7-11,14-16H2,(H,25,26)/t18?,19-,20-,21+,22+/m0/s1. The van der Waals surface area contributed by atoms with Crippen molar-refractivity contribution in [1.82, 2.24) is 0 Å². The smallest absolute Gasteiger partial charge is 0.303 e. The van der Waals surface area contributed by atoms with E-state index in [2.05, 4.69) is 18.2 Å². The molecule has 4 nitrogen and oxygen atoms in total. The Morgan fingerprint density at radius 1 is 1.07 bits per heavy atom. The molecule has 1 unspecified atom stereocenters. The van der Waals surface area contributed by atoms with Gasteiger partial charge < -0.3 is 14.9 Å². The van der Waals surface area contributed by atoms with Crippen molar-refractivity contribution < 1.29 is 19.7 Å². The Morgan fingerprint density at radius 3 is 2.63 bits per heavy atom. The first-order valence-electron chi connectivity index (χ1n) is 11.0. The van der Waals surface area contributed by atoms with Crippen molar-refractivity contribution in [3.63, 3.8) is 0 Å². The zero-order chi connectivity index (χ0) is 19.1. The molecular weight excluding hydrogens is 340 g/mol. The van der Waals surface area contributed by atoms with Crippen LogP contribution in [0.5, 0.6) is 0 Å². The van der Waals surface area contributed by atoms with Crippen LogP contribution in [0.4, 0.5) is 0 Å². The van der Waals surface area contributed by atoms with Gasteiger partial charge in [-0.2, -0.15) is 0 Å². The summed E-state index contributed by atoms with van der Waals surface area (Å²) in [5.74, 6) is 0.882. The van der Waals surface area contributed by atoms with E-state index >= 15 is 0 Å². The molecule has 2 N–H and O–H groups in total. The third-order valence-corrected chi connectivity index (χ3v) is 6.68. The predicted octanol–water partition coefficient (Wildman–Crippen LogP) is 4.87. The first-order chi connectivity index (χ1) is 13.1. The SMILES string of the molecule is O=C(O)CCCC=CC[C@H]1[C@H](C=CC(O)CC2CCCCC2)[C@H]2CC[C@H]1O2. The van der Waals surface area contributed by atoms with Gasteiger partial charge in [-0.05, 0) is 50.4 Å². The molecule has 27 heavy (non-hydrogen) atoms. The van der Waals surface area contributed by atoms with Crippen molar-refractivity contribution in [1.29, 1.82) is 0 Å². The Morgan fingerprint density at radius 2 is 1.85 bits per heavy atom. The summed E-state index contributed by atoms with van der Waals surface area (Å²) < 4.78 is 6.14. The highest BCUT2D eigenvalue weighted by Gasteiger charge is 2.46. The molecule has 4 heteroatoms. The van der Waals surface area contributed by atoms with Gasteiger partial charge in [0.05, 0.1) is 18.3 Å². The maximum atomic E-state index is 10.6. The maximum Gasteiger partial charge on any atom is 0.303 e. The zero-order valence-corrected chi connectivity index (χ0v) is 16.5. The minimum absolute atomic E-state index is 0.242. The molecule has 0 aromatic carbocycles. The van der Waals surface area contributed by atoms with Gasteiger partial charge in [-0.1, -0.05) is 56.4 Å². The van der Waals surface area contributed by atoms with Crippen LogP contribution in [0, 0.1) is 17.8 Å². The van der Waals surface area contributed by atoms with E-state index in [9.17, 15) is 9.90 Å². The van der Waals surface area contributed by atoms with Crippen LogP contribution in [0.1, 0.15) is 77.0 Å². The summed E-state index contributed by atoms with van der Waals surface area (Å²) in [4.78, 5) is 10.6. The third-order valence-electron chi connectivity index (χ3n) is 6.68. The molecule has 3 aliphatic rings. The van der Waals surface area contributed by atoms with Crippen LogP contribution in [0.15, 0.2) is 24.3 Å². The molecule has 0 amide bonds. The Hall–Kier alpha value is -1.13. The number of allylic oxidation sites excluding steroid dienone is 2. The van der Waals surface area contributed by atoms with E-state index in [1.165, 1.54) is 32.1 Å². The van der Waals surface area contributed by atoms with Crippen LogP contribution in [-0.2, 0) is 9.53 Å². The number of hydrogen-bond donors (Lipinski definition) is 2. The summed E-state index contributed by atoms with van der Waals surface area (Å²) in [7, 11) is 0. The fourth-order valence-electron chi connectivity index (χ4n) is 5.23. The second-order valence-electron chi connectivity index (χ2n) is 8.72. The minimum atomic E-state index is -0.720. The second-order valence-corrected chi connectivity index (χ2v) is 8.72. The molecule has 2 aliphatic heterocycles. The lowest BCUT2D eigenvalue weighted by molar-refractivity contribution is -0.137. The molecule has 5 atom stereocenters. The number of aliphatic carboxylic acids is 1. The Bertz CT molecular complexity index is 520. The molecular formula is C23H36O4. The van der Waals surface area contributed by atoms with Gasteiger partial charge in [0, 0.05) is 12.3 Å². The first-order valence-corrected chi connectivity index (χ1v) is 11.0. The maximum absolute atomic E-state index is 10.6. The van der Waals surface area contributed by atoms with E-state index in [1.54, 1.807) is 0 Å². The van der Waals surface area contributed by atoms with Gasteiger partial charge >= 0.3 is 5.97 Å². The lowest BCUT2D eigenvalue weighted by Gasteiger charge is -2.26. The van der Waals surface area contributed by atoms with Crippen molar-refractivity contribution >= 4 is 5.97 Å². The predicted molar refractivity (Wildman–Crippen MR) is 106 cm³/mol. The summed E-state index contributed by atoms with van der Waals surface area (Å²) in [5, 5.41) is 19.1. The number of carbonyl (C=O) groups is 1. The van der Waals surface area contributed by atoms with Gasteiger partial charge in [-0.15, -0.1) is 0 Å². The number of fused-ring (bicyclic) bond motifs is 2. The highest BCUT2D eigenvalue weighted by atomic mass is 16.5. The highest BCUT2D eigenvalue weighted by Crippen LogP contribution is 2.46. The van der Waals surface area contributed by atoms with Crippen molar-refractivity contribution in [2.24, 2.45) is 17.8 Å². The van der Waals surface area contributed by atoms with Crippen molar-refractivity contribution in [3.05, 3.63) is 24.3 Å². The monoisotopic (exact) mass is 376 g/mol. The highest BCUT2D eigenvalue weighted by molar-refractivity contribution is 5.66. The summed E-state index contributed by atoms with van der Waals surface area (Å²) in [6.45, 7) is 0. The number of unbranched alkanes of at least 4 members (excludes halogenated alkanes) is 1. The summed E-state index contributed by atoms with van der Waals surface area (Å²) in [6.07, 6.45) is 21.5. The van der Waals surface area contributed by atoms with Crippen LogP contribution in [0.2, 0.25) is 0 Å². The molecule has 2 bridgehead atoms. The zero-order valence-electron chi connectivity index (χ0n) is 16.5. The third kappa shape index (κ3) is 6.18. The van der Waals surface area contributed by atoms with E-state index in [1.807, 2.05) is 6.08 Å². The minimum Gasteiger partial charge on any atom is -0.481 e. The lowest BCUT2D eigenvalue weighted by Crippen LogP contribution is -2.25. The van der Waals surface area contributed by atoms with Gasteiger partial charge in [-0.3, -0.25) is 4.79 Å². The number of carboxylic acid groups (broad SMARTS) is 1. The molecule has 2 saturated heterocycles. The largest absolute Gasteiger partial charge is 0.481 e. The second kappa shape index (κ2) is 10.4. The van der Waals surface area contributed by atoms with Crippen LogP contribution in [-0.4, -0.2) is 34.5 Å². The Kier molecular flexibility index (Phi) is 7.95. The van der Waals surface area contributed by atoms with E-state index in [0.717, 1.165) is 32.1 Å². The molecule has 0 spiro atoms. The van der Waals surface area contributed by atoms with Gasteiger partial charge in [-0.25, -0.2) is 0 Å². The average Bonchev–Trinajstić information content (AvgIpc) is 3.25. The first kappa shape index (κ1) is 20.6. The molecule has 3 rings (SSSR count). The van der Waals surface area contributed by atoms with Gasteiger partial charge in [0.15, 0.2) is 0 Å². The number of aliphatic hydroxyl groups excluding tert-OH is 1. The molecule has 2 heterocycles. The van der Waals surface area contributed by atoms with Crippen molar-refractivity contribution in [3.8, 4) is 0 Å². The fourth-order valence-corrected chi connectivity index (χ4v) is 5.23.